The van der Waals surface area contributed by atoms with Crippen LogP contribution in [0.4, 0.5) is 28.4 Å². The van der Waals surface area contributed by atoms with Crippen LogP contribution in [0.25, 0.3) is 44.2 Å². The number of benzene rings is 8. The minimum absolute atomic E-state index is 0.0393. The van der Waals surface area contributed by atoms with Crippen molar-refractivity contribution in [3.63, 3.8) is 0 Å². The molecule has 320 valence electrons. The highest BCUT2D eigenvalue weighted by Crippen LogP contribution is 2.54. The van der Waals surface area contributed by atoms with Crippen molar-refractivity contribution >= 4 is 57.0 Å². The molecule has 8 aromatic carbocycles. The number of anilines is 5. The van der Waals surface area contributed by atoms with Gasteiger partial charge in [-0.2, -0.15) is 0 Å². The summed E-state index contributed by atoms with van der Waals surface area (Å²) in [5.41, 5.74) is 22.8. The molecule has 8 aromatic rings. The van der Waals surface area contributed by atoms with E-state index in [9.17, 15) is 0 Å². The molecule has 0 atom stereocenters. The first-order chi connectivity index (χ1) is 31.2. The van der Waals surface area contributed by atoms with Crippen LogP contribution in [0.15, 0.2) is 164 Å². The first-order valence-electron chi connectivity index (χ1n) is 24.0. The van der Waals surface area contributed by atoms with Crippen LogP contribution >= 0.6 is 0 Å². The van der Waals surface area contributed by atoms with Gasteiger partial charge in [0.25, 0.3) is 0 Å². The fourth-order valence-corrected chi connectivity index (χ4v) is 12.3. The Balaban J connectivity index is 1.21. The van der Waals surface area contributed by atoms with Crippen molar-refractivity contribution < 1.29 is 0 Å². The van der Waals surface area contributed by atoms with Crippen LogP contribution in [-0.2, 0) is 21.7 Å². The molecule has 0 bridgehead atoms. The van der Waals surface area contributed by atoms with E-state index in [0.717, 1.165) is 12.8 Å². The Morgan fingerprint density at radius 3 is 1.58 bits per heavy atom. The Kier molecular flexibility index (Phi) is 8.72. The molecule has 2 aliphatic carbocycles. The van der Waals surface area contributed by atoms with Gasteiger partial charge in [0.1, 0.15) is 0 Å². The molecule has 2 heterocycles. The molecule has 4 aliphatic rings. The summed E-state index contributed by atoms with van der Waals surface area (Å²) in [6.07, 6.45) is 4.70. The zero-order valence-corrected chi connectivity index (χ0v) is 39.4. The Hall–Kier alpha value is -6.32. The molecule has 0 saturated heterocycles. The lowest BCUT2D eigenvalue weighted by molar-refractivity contribution is 0.332. The fraction of sp³-hybridized carbons (Fsp3) is 0.258. The van der Waals surface area contributed by atoms with Crippen LogP contribution in [0.5, 0.6) is 0 Å². The average molecular weight is 843 g/mol. The van der Waals surface area contributed by atoms with Crippen LogP contribution in [0.1, 0.15) is 103 Å². The van der Waals surface area contributed by atoms with Gasteiger partial charge in [-0.3, -0.25) is 0 Å². The van der Waals surface area contributed by atoms with Crippen LogP contribution in [0.2, 0.25) is 0 Å². The molecule has 2 nitrogen and oxygen atoms in total. The van der Waals surface area contributed by atoms with Crippen molar-refractivity contribution in [3.8, 4) is 33.4 Å². The van der Waals surface area contributed by atoms with Gasteiger partial charge in [0, 0.05) is 33.7 Å². The standard InChI is InChI=1S/C62H59BN2/c1-59(2)31-32-60(3,4)51-37-46(28-29-50(51)59)64-56-39-53-52(61(5,6)33-34-62(53,7)8)38-54(56)63-57-49(36-44-21-15-16-22-47(44)58(57)64)48-35-43(41-19-13-10-14-20-41)25-30-55(48)65(63)45-26-23-42(24-27-45)40-17-11-9-12-18-40/h9-30,35-39H,31-34H2,1-8H3. The summed E-state index contributed by atoms with van der Waals surface area (Å²) in [4.78, 5) is 5.41. The largest absolute Gasteiger partial charge is 0.376 e. The molecule has 0 aromatic heterocycles. The van der Waals surface area contributed by atoms with E-state index in [1.165, 1.54) is 119 Å². The monoisotopic (exact) mass is 842 g/mol. The zero-order valence-electron chi connectivity index (χ0n) is 39.4. The molecule has 65 heavy (non-hydrogen) atoms. The third-order valence-corrected chi connectivity index (χ3v) is 16.4. The normalized spacial score (nSPS) is 18.0. The van der Waals surface area contributed by atoms with E-state index in [2.05, 4.69) is 229 Å². The quantitative estimate of drug-likeness (QED) is 0.163. The Bertz CT molecular complexity index is 3210. The van der Waals surface area contributed by atoms with Gasteiger partial charge >= 0.3 is 6.85 Å². The zero-order chi connectivity index (χ0) is 44.6. The predicted octanol–water partition coefficient (Wildman–Crippen LogP) is 15.6. The first-order valence-corrected chi connectivity index (χ1v) is 24.0. The molecule has 12 rings (SSSR count). The molecule has 0 spiro atoms. The van der Waals surface area contributed by atoms with E-state index in [1.807, 2.05) is 0 Å². The Morgan fingerprint density at radius 2 is 0.923 bits per heavy atom. The molecule has 0 N–H and O–H groups in total. The maximum Gasteiger partial charge on any atom is 0.333 e. The van der Waals surface area contributed by atoms with Gasteiger partial charge < -0.3 is 9.71 Å². The highest BCUT2D eigenvalue weighted by Gasteiger charge is 2.49. The van der Waals surface area contributed by atoms with Crippen molar-refractivity contribution in [1.29, 1.82) is 0 Å². The van der Waals surface area contributed by atoms with E-state index in [-0.39, 0.29) is 28.5 Å². The third-order valence-electron chi connectivity index (χ3n) is 16.4. The Labute approximate surface area is 387 Å². The molecule has 2 aliphatic heterocycles. The lowest BCUT2D eigenvalue weighted by atomic mass is 9.42. The van der Waals surface area contributed by atoms with E-state index in [4.69, 9.17) is 0 Å². The highest BCUT2D eigenvalue weighted by molar-refractivity contribution is 6.94. The predicted molar refractivity (Wildman–Crippen MR) is 279 cm³/mol. The van der Waals surface area contributed by atoms with Crippen molar-refractivity contribution in [2.75, 3.05) is 9.71 Å². The number of hydrogen-bond acceptors (Lipinski definition) is 2. The van der Waals surface area contributed by atoms with Gasteiger partial charge in [0.2, 0.25) is 0 Å². The van der Waals surface area contributed by atoms with Gasteiger partial charge in [-0.15, -0.1) is 0 Å². The van der Waals surface area contributed by atoms with Crippen molar-refractivity contribution in [3.05, 3.63) is 186 Å². The van der Waals surface area contributed by atoms with Gasteiger partial charge in [-0.25, -0.2) is 0 Å². The van der Waals surface area contributed by atoms with Gasteiger partial charge in [0.15, 0.2) is 0 Å². The second kappa shape index (κ2) is 14.1. The fourth-order valence-electron chi connectivity index (χ4n) is 12.3. The second-order valence-electron chi connectivity index (χ2n) is 22.2. The van der Waals surface area contributed by atoms with E-state index >= 15 is 0 Å². The van der Waals surface area contributed by atoms with Gasteiger partial charge in [0.05, 0.1) is 5.69 Å². The molecular weight excluding hydrogens is 784 g/mol. The molecule has 0 unspecified atom stereocenters. The van der Waals surface area contributed by atoms with E-state index < -0.39 is 0 Å². The summed E-state index contributed by atoms with van der Waals surface area (Å²) in [6, 6.07) is 62.9. The molecule has 0 saturated carbocycles. The van der Waals surface area contributed by atoms with Crippen LogP contribution in [0.3, 0.4) is 0 Å². The summed E-state index contributed by atoms with van der Waals surface area (Å²) in [5, 5.41) is 2.56. The topological polar surface area (TPSA) is 6.48 Å². The third kappa shape index (κ3) is 6.14. The summed E-state index contributed by atoms with van der Waals surface area (Å²) >= 11 is 0. The maximum absolute atomic E-state index is 2.71. The smallest absolute Gasteiger partial charge is 0.333 e. The van der Waals surface area contributed by atoms with E-state index in [1.54, 1.807) is 0 Å². The summed E-state index contributed by atoms with van der Waals surface area (Å²) in [6.45, 7) is 19.7. The molecule has 0 amide bonds. The number of hydrogen-bond donors (Lipinski definition) is 0. The summed E-state index contributed by atoms with van der Waals surface area (Å²) in [5.74, 6) is 0. The van der Waals surface area contributed by atoms with Crippen LogP contribution in [0, 0.1) is 0 Å². The average Bonchev–Trinajstić information content (AvgIpc) is 3.32. The summed E-state index contributed by atoms with van der Waals surface area (Å²) < 4.78 is 0. The van der Waals surface area contributed by atoms with Crippen molar-refractivity contribution in [2.45, 2.75) is 103 Å². The van der Waals surface area contributed by atoms with Crippen molar-refractivity contribution in [2.24, 2.45) is 0 Å². The highest BCUT2D eigenvalue weighted by atomic mass is 15.2. The van der Waals surface area contributed by atoms with Crippen LogP contribution in [-0.4, -0.2) is 6.85 Å². The molecule has 3 heteroatoms. The van der Waals surface area contributed by atoms with Crippen LogP contribution < -0.4 is 20.6 Å². The number of rotatable bonds is 4. The summed E-state index contributed by atoms with van der Waals surface area (Å²) in [7, 11) is 0. The lowest BCUT2D eigenvalue weighted by Gasteiger charge is -2.49. The minimum atomic E-state index is -0.0763. The minimum Gasteiger partial charge on any atom is -0.376 e. The maximum atomic E-state index is 2.71. The molecule has 0 fully saturated rings. The van der Waals surface area contributed by atoms with Crippen molar-refractivity contribution in [1.82, 2.24) is 0 Å². The van der Waals surface area contributed by atoms with E-state index in [0.29, 0.717) is 0 Å². The van der Waals surface area contributed by atoms with Gasteiger partial charge in [-0.1, -0.05) is 171 Å². The number of nitrogens with zero attached hydrogens (tertiary/aromatic N) is 2. The SMILES string of the molecule is CC1(C)CCC(C)(C)c2cc(N3c4cc5c(cc4B4c6c(cc7ccccc7c63)-c3cc(-c6ccccc6)ccc3N4c3ccc(-c4ccccc4)cc3)C(C)(C)CCC5(C)C)ccc21. The first kappa shape index (κ1) is 40.2. The molecule has 0 radical (unpaired) electrons. The Morgan fingerprint density at radius 1 is 0.400 bits per heavy atom. The molecular formula is C62H59BN2. The number of fused-ring (bicyclic) bond motifs is 8. The second-order valence-corrected chi connectivity index (χ2v) is 22.2. The van der Waals surface area contributed by atoms with Gasteiger partial charge in [-0.05, 0) is 162 Å². The lowest BCUT2D eigenvalue weighted by Crippen LogP contribution is -2.62.